The van der Waals surface area contributed by atoms with Crippen molar-refractivity contribution in [3.63, 3.8) is 0 Å². The first-order chi connectivity index (χ1) is 18.7. The molecule has 0 spiro atoms. The van der Waals surface area contributed by atoms with E-state index in [1.54, 1.807) is 44.4 Å². The molecule has 2 bridgehead atoms. The lowest BCUT2D eigenvalue weighted by molar-refractivity contribution is -0.137. The second kappa shape index (κ2) is 14.4. The van der Waals surface area contributed by atoms with Gasteiger partial charge in [0.15, 0.2) is 5.82 Å². The molecule has 0 radical (unpaired) electrons. The predicted molar refractivity (Wildman–Crippen MR) is 146 cm³/mol. The predicted octanol–water partition coefficient (Wildman–Crippen LogP) is 5.77. The van der Waals surface area contributed by atoms with Crippen LogP contribution in [0.5, 0.6) is 0 Å². The summed E-state index contributed by atoms with van der Waals surface area (Å²) in [5.74, 6) is 4.66. The molecule has 3 aromatic rings. The second-order valence-corrected chi connectivity index (χ2v) is 10.00. The van der Waals surface area contributed by atoms with Crippen molar-refractivity contribution in [1.82, 2.24) is 20.2 Å². The van der Waals surface area contributed by atoms with Gasteiger partial charge >= 0.3 is 6.18 Å². The fourth-order valence-electron chi connectivity index (χ4n) is 5.31. The number of carbonyl (C=O) groups excluding carboxylic acids is 1. The molecule has 0 unspecified atom stereocenters. The minimum absolute atomic E-state index is 0.125. The lowest BCUT2D eigenvalue weighted by atomic mass is 10.0. The number of amides is 1. The number of hydrogen-bond donors (Lipinski definition) is 5. The molecule has 39 heavy (non-hydrogen) atoms. The minimum Gasteiger partial charge on any atom is -0.399 e. The van der Waals surface area contributed by atoms with Crippen LogP contribution in [0.1, 0.15) is 75.0 Å². The normalized spacial score (nSPS) is 19.6. The van der Waals surface area contributed by atoms with Crippen molar-refractivity contribution in [2.75, 3.05) is 16.8 Å². The van der Waals surface area contributed by atoms with Crippen molar-refractivity contribution in [1.29, 1.82) is 0 Å². The average molecular weight is 547 g/mol. The van der Waals surface area contributed by atoms with Crippen LogP contribution >= 0.6 is 0 Å². The first-order valence-electron chi connectivity index (χ1n) is 13.2. The van der Waals surface area contributed by atoms with Crippen molar-refractivity contribution >= 4 is 29.7 Å². The average Bonchev–Trinajstić information content (AvgIpc) is 3.71. The van der Waals surface area contributed by atoms with Crippen LogP contribution in [0.2, 0.25) is 0 Å². The molecule has 0 saturated heterocycles. The van der Waals surface area contributed by atoms with Gasteiger partial charge in [-0.15, -0.1) is 0 Å². The summed E-state index contributed by atoms with van der Waals surface area (Å²) in [5, 5.41) is 10.5. The standard InChI is InChI=1S/C12H16N6.C7H6F3N.C7H12.CH3NO/c13-12-14-6-5-10(16-12)15-11-7-9(17-18-11)8-3-1-2-4-8;8-7(9,10)5-2-1-3-6(11)4-5;1-2-7-4-3-6(1)5-7;2-1-3/h5-8H,1-4H2,(H4,13,14,15,16,17,18);1-4H,11H2;6-7H,1-5H2;1H,(H2,2,3). The molecule has 6 rings (SSSR count). The number of hydrogen-bond acceptors (Lipinski definition) is 7. The molecule has 3 saturated carbocycles. The van der Waals surface area contributed by atoms with E-state index in [9.17, 15) is 13.2 Å². The molecule has 0 atom stereocenters. The lowest BCUT2D eigenvalue weighted by Gasteiger charge is -2.05. The van der Waals surface area contributed by atoms with Crippen molar-refractivity contribution < 1.29 is 18.0 Å². The van der Waals surface area contributed by atoms with Gasteiger partial charge in [-0.05, 0) is 55.4 Å². The molecule has 3 aliphatic rings. The molecule has 8 N–H and O–H groups in total. The topological polar surface area (TPSA) is 162 Å². The highest BCUT2D eigenvalue weighted by molar-refractivity contribution is 5.52. The van der Waals surface area contributed by atoms with Gasteiger partial charge in [0.05, 0.1) is 5.56 Å². The second-order valence-electron chi connectivity index (χ2n) is 10.00. The number of aromatic amines is 1. The number of anilines is 4. The molecule has 1 aromatic carbocycles. The van der Waals surface area contributed by atoms with Gasteiger partial charge in [-0.1, -0.05) is 44.6 Å². The number of halogens is 3. The van der Waals surface area contributed by atoms with Crippen LogP contribution in [-0.2, 0) is 11.0 Å². The van der Waals surface area contributed by atoms with Crippen molar-refractivity contribution in [3.05, 3.63) is 53.9 Å². The number of primary amides is 1. The monoisotopic (exact) mass is 546 g/mol. The number of carbonyl (C=O) groups is 1. The third kappa shape index (κ3) is 9.77. The zero-order chi connectivity index (χ0) is 28.3. The summed E-state index contributed by atoms with van der Waals surface area (Å²) in [5.41, 5.74) is 15.5. The highest BCUT2D eigenvalue weighted by Crippen LogP contribution is 2.44. The summed E-state index contributed by atoms with van der Waals surface area (Å²) < 4.78 is 35.7. The van der Waals surface area contributed by atoms with Gasteiger partial charge in [0.2, 0.25) is 12.4 Å². The number of benzene rings is 1. The molecule has 9 nitrogen and oxygen atoms in total. The van der Waals surface area contributed by atoms with Crippen LogP contribution in [0.4, 0.5) is 36.4 Å². The third-order valence-electron chi connectivity index (χ3n) is 7.17. The smallest absolute Gasteiger partial charge is 0.399 e. The number of nitrogens with two attached hydrogens (primary N) is 3. The number of aromatic nitrogens is 4. The Bertz CT molecular complexity index is 1150. The van der Waals surface area contributed by atoms with Crippen LogP contribution in [0.15, 0.2) is 42.6 Å². The van der Waals surface area contributed by atoms with Crippen LogP contribution in [0.25, 0.3) is 0 Å². The van der Waals surface area contributed by atoms with E-state index in [-0.39, 0.29) is 18.0 Å². The molecule has 3 fully saturated rings. The Labute approximate surface area is 226 Å². The first kappa shape index (κ1) is 29.7. The highest BCUT2D eigenvalue weighted by Gasteiger charge is 2.31. The van der Waals surface area contributed by atoms with Gasteiger partial charge in [-0.3, -0.25) is 9.89 Å². The highest BCUT2D eigenvalue weighted by atomic mass is 19.4. The van der Waals surface area contributed by atoms with E-state index in [1.807, 2.05) is 6.07 Å². The van der Waals surface area contributed by atoms with E-state index < -0.39 is 11.7 Å². The molecular formula is C27H37F3N8O. The van der Waals surface area contributed by atoms with Gasteiger partial charge in [0.1, 0.15) is 5.82 Å². The molecule has 212 valence electrons. The summed E-state index contributed by atoms with van der Waals surface area (Å²) >= 11 is 0. The van der Waals surface area contributed by atoms with E-state index in [0.29, 0.717) is 11.7 Å². The Hall–Kier alpha value is -3.83. The number of nitrogen functional groups attached to an aromatic ring is 2. The van der Waals surface area contributed by atoms with Crippen LogP contribution in [0, 0.1) is 11.8 Å². The quantitative estimate of drug-likeness (QED) is 0.206. The number of nitrogens with one attached hydrogen (secondary N) is 2. The summed E-state index contributed by atoms with van der Waals surface area (Å²) in [7, 11) is 0. The molecule has 0 aliphatic heterocycles. The fraction of sp³-hybridized carbons (Fsp3) is 0.481. The van der Waals surface area contributed by atoms with Gasteiger partial charge in [0.25, 0.3) is 0 Å². The van der Waals surface area contributed by atoms with Crippen LogP contribution in [0.3, 0.4) is 0 Å². The molecule has 2 heterocycles. The van der Waals surface area contributed by atoms with Crippen molar-refractivity contribution in [2.45, 2.75) is 69.9 Å². The van der Waals surface area contributed by atoms with E-state index in [2.05, 4.69) is 31.2 Å². The maximum absolute atomic E-state index is 11.9. The van der Waals surface area contributed by atoms with E-state index >= 15 is 0 Å². The molecular weight excluding hydrogens is 509 g/mol. The maximum atomic E-state index is 11.9. The Morgan fingerprint density at radius 1 is 0.949 bits per heavy atom. The minimum atomic E-state index is -4.30. The Balaban J connectivity index is 0.000000169. The van der Waals surface area contributed by atoms with Crippen LogP contribution in [-0.4, -0.2) is 26.6 Å². The van der Waals surface area contributed by atoms with Crippen LogP contribution < -0.4 is 22.5 Å². The largest absolute Gasteiger partial charge is 0.416 e. The third-order valence-corrected chi connectivity index (χ3v) is 7.17. The number of rotatable bonds is 3. The van der Waals surface area contributed by atoms with Gasteiger partial charge in [-0.25, -0.2) is 4.98 Å². The van der Waals surface area contributed by atoms with Crippen molar-refractivity contribution in [2.24, 2.45) is 17.6 Å². The van der Waals surface area contributed by atoms with E-state index in [4.69, 9.17) is 16.3 Å². The number of H-pyrrole nitrogens is 1. The molecule has 3 aliphatic carbocycles. The van der Waals surface area contributed by atoms with Crippen molar-refractivity contribution in [3.8, 4) is 0 Å². The summed E-state index contributed by atoms with van der Waals surface area (Å²) in [6.45, 7) is 0. The first-order valence-corrected chi connectivity index (χ1v) is 13.2. The molecule has 12 heteroatoms. The van der Waals surface area contributed by atoms with Gasteiger partial charge in [0, 0.05) is 29.6 Å². The summed E-state index contributed by atoms with van der Waals surface area (Å²) in [4.78, 5) is 16.5. The number of nitrogens with zero attached hydrogens (tertiary/aromatic N) is 3. The number of alkyl halides is 3. The fourth-order valence-corrected chi connectivity index (χ4v) is 5.31. The number of fused-ring (bicyclic) bond motifs is 2. The molecule has 2 aromatic heterocycles. The van der Waals surface area contributed by atoms with Gasteiger partial charge < -0.3 is 22.5 Å². The van der Waals surface area contributed by atoms with Gasteiger partial charge in [-0.2, -0.15) is 23.3 Å². The SMILES string of the molecule is C1CC2CCC1C2.NC=O.Nc1cccc(C(F)(F)F)c1.Nc1nccc(Nc2cc(C3CCCC3)[nH]n2)n1. The summed E-state index contributed by atoms with van der Waals surface area (Å²) in [6, 6.07) is 8.39. The van der Waals surface area contributed by atoms with E-state index in [0.717, 1.165) is 18.0 Å². The zero-order valence-corrected chi connectivity index (χ0v) is 21.8. The Morgan fingerprint density at radius 2 is 1.59 bits per heavy atom. The Morgan fingerprint density at radius 3 is 2.08 bits per heavy atom. The Kier molecular flexibility index (Phi) is 10.9. The van der Waals surface area contributed by atoms with E-state index in [1.165, 1.54) is 55.3 Å². The maximum Gasteiger partial charge on any atom is 0.416 e. The zero-order valence-electron chi connectivity index (χ0n) is 21.8. The molecule has 1 amide bonds. The summed E-state index contributed by atoms with van der Waals surface area (Å²) in [6.07, 6.45) is 10.5. The lowest BCUT2D eigenvalue weighted by Crippen LogP contribution is -2.04.